The lowest BCUT2D eigenvalue weighted by atomic mass is 10.0. The first-order chi connectivity index (χ1) is 12.4. The minimum absolute atomic E-state index is 0.0336. The fourth-order valence-electron chi connectivity index (χ4n) is 3.23. The number of benzene rings is 1. The Morgan fingerprint density at radius 3 is 2.73 bits per heavy atom. The normalized spacial score (nSPS) is 14.4. The van der Waals surface area contributed by atoms with Crippen molar-refractivity contribution in [3.8, 4) is 11.5 Å². The quantitative estimate of drug-likeness (QED) is 0.867. The summed E-state index contributed by atoms with van der Waals surface area (Å²) < 4.78 is 10.6. The molecule has 0 atom stereocenters. The van der Waals surface area contributed by atoms with Gasteiger partial charge in [0.2, 0.25) is 0 Å². The molecule has 0 spiro atoms. The van der Waals surface area contributed by atoms with E-state index in [4.69, 9.17) is 21.1 Å². The molecule has 1 aliphatic heterocycles. The summed E-state index contributed by atoms with van der Waals surface area (Å²) in [5.74, 6) is 2.10. The molecule has 0 amide bonds. The second-order valence-corrected chi connectivity index (χ2v) is 7.21. The zero-order chi connectivity index (χ0) is 18.8. The number of hydrogen-bond donors (Lipinski definition) is 1. The molecule has 0 bridgehead atoms. The topological polar surface area (TPSA) is 67.5 Å². The zero-order valence-corrected chi connectivity index (χ0v) is 16.3. The molecule has 2 heterocycles. The average molecular weight is 378 g/mol. The van der Waals surface area contributed by atoms with Gasteiger partial charge < -0.3 is 14.5 Å². The number of ether oxygens (including phenoxy) is 2. The second-order valence-electron chi connectivity index (χ2n) is 6.80. The maximum absolute atomic E-state index is 12.4. The largest absolute Gasteiger partial charge is 0.493 e. The van der Waals surface area contributed by atoms with Crippen molar-refractivity contribution in [2.45, 2.75) is 39.3 Å². The monoisotopic (exact) mass is 377 g/mol. The van der Waals surface area contributed by atoms with Crippen molar-refractivity contribution >= 4 is 11.6 Å². The fourth-order valence-corrected chi connectivity index (χ4v) is 3.54. The Kier molecular flexibility index (Phi) is 5.53. The van der Waals surface area contributed by atoms with Gasteiger partial charge in [0.1, 0.15) is 5.82 Å². The number of aromatic amines is 1. The first-order valence-electron chi connectivity index (χ1n) is 8.67. The molecule has 0 unspecified atom stereocenters. The van der Waals surface area contributed by atoms with E-state index in [9.17, 15) is 4.79 Å². The molecule has 7 heteroatoms. The van der Waals surface area contributed by atoms with Crippen molar-refractivity contribution in [1.82, 2.24) is 14.9 Å². The summed E-state index contributed by atoms with van der Waals surface area (Å²) in [6, 6.07) is 3.80. The summed E-state index contributed by atoms with van der Waals surface area (Å²) >= 11 is 6.30. The Morgan fingerprint density at radius 2 is 2.08 bits per heavy atom. The van der Waals surface area contributed by atoms with Gasteiger partial charge in [-0.2, -0.15) is 0 Å². The lowest BCUT2D eigenvalue weighted by Crippen LogP contribution is -2.36. The van der Waals surface area contributed by atoms with Crippen LogP contribution in [0.1, 0.15) is 42.4 Å². The molecule has 0 saturated heterocycles. The second kappa shape index (κ2) is 7.68. The standard InChI is InChI=1S/C19H24ClN3O3/c1-11(2)18-21-15-5-6-23(10-13(15)19(24)22-18)9-12-7-14(20)17(26-4)16(8-12)25-3/h7-8,11H,5-6,9-10H2,1-4H3,(H,21,22,24). The Balaban J connectivity index is 1.82. The van der Waals surface area contributed by atoms with Crippen LogP contribution in [0.5, 0.6) is 11.5 Å². The number of H-pyrrole nitrogens is 1. The average Bonchev–Trinajstić information content (AvgIpc) is 2.61. The maximum Gasteiger partial charge on any atom is 0.255 e. The Hall–Kier alpha value is -2.05. The third kappa shape index (κ3) is 3.71. The van der Waals surface area contributed by atoms with Gasteiger partial charge in [0.25, 0.3) is 5.56 Å². The van der Waals surface area contributed by atoms with Crippen LogP contribution in [0.2, 0.25) is 5.02 Å². The van der Waals surface area contributed by atoms with Gasteiger partial charge in [-0.1, -0.05) is 25.4 Å². The van der Waals surface area contributed by atoms with Crippen LogP contribution in [0.4, 0.5) is 0 Å². The van der Waals surface area contributed by atoms with Crippen LogP contribution in [0, 0.1) is 0 Å². The molecule has 3 rings (SSSR count). The third-order valence-corrected chi connectivity index (χ3v) is 4.89. The lowest BCUT2D eigenvalue weighted by Gasteiger charge is -2.28. The zero-order valence-electron chi connectivity index (χ0n) is 15.6. The summed E-state index contributed by atoms with van der Waals surface area (Å²) in [5.41, 5.74) is 2.65. The highest BCUT2D eigenvalue weighted by Crippen LogP contribution is 2.36. The fraction of sp³-hybridized carbons (Fsp3) is 0.474. The molecule has 6 nitrogen and oxygen atoms in total. The van der Waals surface area contributed by atoms with Crippen LogP contribution < -0.4 is 15.0 Å². The Morgan fingerprint density at radius 1 is 1.31 bits per heavy atom. The predicted octanol–water partition coefficient (Wildman–Crippen LogP) is 3.12. The van der Waals surface area contributed by atoms with E-state index in [0.717, 1.165) is 35.6 Å². The molecule has 26 heavy (non-hydrogen) atoms. The van der Waals surface area contributed by atoms with Crippen molar-refractivity contribution in [2.75, 3.05) is 20.8 Å². The van der Waals surface area contributed by atoms with Gasteiger partial charge in [0.05, 0.1) is 30.5 Å². The van der Waals surface area contributed by atoms with Crippen molar-refractivity contribution in [3.63, 3.8) is 0 Å². The number of halogens is 1. The van der Waals surface area contributed by atoms with E-state index in [1.165, 1.54) is 0 Å². The molecule has 1 aromatic carbocycles. The minimum Gasteiger partial charge on any atom is -0.493 e. The number of hydrogen-bond acceptors (Lipinski definition) is 5. The van der Waals surface area contributed by atoms with Gasteiger partial charge in [-0.3, -0.25) is 9.69 Å². The molecule has 0 fully saturated rings. The van der Waals surface area contributed by atoms with E-state index in [-0.39, 0.29) is 11.5 Å². The number of methoxy groups -OCH3 is 2. The van der Waals surface area contributed by atoms with Crippen LogP contribution in [-0.2, 0) is 19.5 Å². The van der Waals surface area contributed by atoms with Gasteiger partial charge in [-0.15, -0.1) is 0 Å². The molecular formula is C19H24ClN3O3. The van der Waals surface area contributed by atoms with Gasteiger partial charge in [-0.05, 0) is 17.7 Å². The van der Waals surface area contributed by atoms with E-state index in [2.05, 4.69) is 14.9 Å². The van der Waals surface area contributed by atoms with Crippen molar-refractivity contribution < 1.29 is 9.47 Å². The number of rotatable bonds is 5. The number of nitrogens with one attached hydrogen (secondary N) is 1. The highest BCUT2D eigenvalue weighted by Gasteiger charge is 2.22. The Bertz CT molecular complexity index is 864. The van der Waals surface area contributed by atoms with Crippen LogP contribution in [0.15, 0.2) is 16.9 Å². The summed E-state index contributed by atoms with van der Waals surface area (Å²) in [6.45, 7) is 6.14. The van der Waals surface area contributed by atoms with E-state index in [0.29, 0.717) is 29.6 Å². The number of fused-ring (bicyclic) bond motifs is 1. The summed E-state index contributed by atoms with van der Waals surface area (Å²) in [6.07, 6.45) is 0.764. The van der Waals surface area contributed by atoms with Crippen molar-refractivity contribution in [1.29, 1.82) is 0 Å². The van der Waals surface area contributed by atoms with Gasteiger partial charge in [-0.25, -0.2) is 4.98 Å². The van der Waals surface area contributed by atoms with Crippen LogP contribution >= 0.6 is 11.6 Å². The predicted molar refractivity (Wildman–Crippen MR) is 101 cm³/mol. The molecule has 0 radical (unpaired) electrons. The number of aromatic nitrogens is 2. The van der Waals surface area contributed by atoms with Gasteiger partial charge >= 0.3 is 0 Å². The molecule has 1 N–H and O–H groups in total. The lowest BCUT2D eigenvalue weighted by molar-refractivity contribution is 0.240. The van der Waals surface area contributed by atoms with E-state index < -0.39 is 0 Å². The molecule has 2 aromatic rings. The van der Waals surface area contributed by atoms with Crippen molar-refractivity contribution in [2.24, 2.45) is 0 Å². The highest BCUT2D eigenvalue weighted by atomic mass is 35.5. The van der Waals surface area contributed by atoms with Crippen LogP contribution in [-0.4, -0.2) is 35.6 Å². The van der Waals surface area contributed by atoms with E-state index in [1.54, 1.807) is 14.2 Å². The van der Waals surface area contributed by atoms with Gasteiger partial charge in [0, 0.05) is 32.0 Å². The van der Waals surface area contributed by atoms with Crippen LogP contribution in [0.3, 0.4) is 0 Å². The first kappa shape index (κ1) is 18.7. The number of nitrogens with zero attached hydrogens (tertiary/aromatic N) is 2. The summed E-state index contributed by atoms with van der Waals surface area (Å²) in [5, 5.41) is 0.514. The van der Waals surface area contributed by atoms with Crippen LogP contribution in [0.25, 0.3) is 0 Å². The van der Waals surface area contributed by atoms with Crippen molar-refractivity contribution in [3.05, 3.63) is 50.2 Å². The van der Waals surface area contributed by atoms with Gasteiger partial charge in [0.15, 0.2) is 11.5 Å². The first-order valence-corrected chi connectivity index (χ1v) is 9.05. The Labute approximate surface area is 158 Å². The highest BCUT2D eigenvalue weighted by molar-refractivity contribution is 6.32. The molecule has 140 valence electrons. The van der Waals surface area contributed by atoms with E-state index in [1.807, 2.05) is 26.0 Å². The summed E-state index contributed by atoms with van der Waals surface area (Å²) in [4.78, 5) is 22.2. The molecule has 1 aliphatic rings. The summed E-state index contributed by atoms with van der Waals surface area (Å²) in [7, 11) is 3.16. The molecule has 0 saturated carbocycles. The molecule has 0 aliphatic carbocycles. The molecule has 1 aromatic heterocycles. The minimum atomic E-state index is -0.0336. The smallest absolute Gasteiger partial charge is 0.255 e. The molecular weight excluding hydrogens is 354 g/mol. The third-order valence-electron chi connectivity index (χ3n) is 4.61. The SMILES string of the molecule is COc1cc(CN2CCc3nc(C(C)C)[nH]c(=O)c3C2)cc(Cl)c1OC. The maximum atomic E-state index is 12.4. The van der Waals surface area contributed by atoms with E-state index >= 15 is 0 Å².